The Hall–Kier alpha value is -3.22. The Morgan fingerprint density at radius 3 is 2.80 bits per heavy atom. The molecule has 0 fully saturated rings. The van der Waals surface area contributed by atoms with E-state index >= 15 is 0 Å². The lowest BCUT2D eigenvalue weighted by Crippen LogP contribution is -2.26. The molecule has 0 radical (unpaired) electrons. The van der Waals surface area contributed by atoms with E-state index in [2.05, 4.69) is 20.3 Å². The zero-order chi connectivity index (χ0) is 17.5. The number of rotatable bonds is 7. The van der Waals surface area contributed by atoms with Gasteiger partial charge in [-0.05, 0) is 42.3 Å². The standard InChI is InChI=1S/C18H19N5O2/c1-23(11-7-14-4-8-19-9-5-14)18-20-10-6-16(22-18)17(24)21-13-15-3-2-12-25-15/h2-6,8-10,12H,7,11,13H2,1H3,(H,21,24). The average Bonchev–Trinajstić information content (AvgIpc) is 3.18. The summed E-state index contributed by atoms with van der Waals surface area (Å²) in [4.78, 5) is 26.7. The van der Waals surface area contributed by atoms with Gasteiger partial charge >= 0.3 is 0 Å². The van der Waals surface area contributed by atoms with Crippen molar-refractivity contribution in [3.05, 3.63) is 72.2 Å². The van der Waals surface area contributed by atoms with Gasteiger partial charge in [-0.15, -0.1) is 0 Å². The predicted molar refractivity (Wildman–Crippen MR) is 93.1 cm³/mol. The summed E-state index contributed by atoms with van der Waals surface area (Å²) in [5, 5.41) is 2.78. The molecule has 1 amide bonds. The highest BCUT2D eigenvalue weighted by Gasteiger charge is 2.11. The molecular weight excluding hydrogens is 318 g/mol. The summed E-state index contributed by atoms with van der Waals surface area (Å²) >= 11 is 0. The molecule has 0 saturated carbocycles. The molecule has 25 heavy (non-hydrogen) atoms. The van der Waals surface area contributed by atoms with Crippen LogP contribution in [0.15, 0.2) is 59.6 Å². The van der Waals surface area contributed by atoms with E-state index in [-0.39, 0.29) is 5.91 Å². The van der Waals surface area contributed by atoms with E-state index in [0.29, 0.717) is 23.9 Å². The average molecular weight is 337 g/mol. The Bertz CT molecular complexity index is 805. The molecule has 3 rings (SSSR count). The zero-order valence-electron chi connectivity index (χ0n) is 13.9. The first-order chi connectivity index (χ1) is 12.2. The van der Waals surface area contributed by atoms with E-state index in [0.717, 1.165) is 13.0 Å². The Morgan fingerprint density at radius 1 is 1.20 bits per heavy atom. The number of nitrogens with zero attached hydrogens (tertiary/aromatic N) is 4. The number of aromatic nitrogens is 3. The normalized spacial score (nSPS) is 10.4. The second-order valence-corrected chi connectivity index (χ2v) is 5.53. The van der Waals surface area contributed by atoms with Crippen molar-refractivity contribution in [1.82, 2.24) is 20.3 Å². The second kappa shape index (κ2) is 8.05. The van der Waals surface area contributed by atoms with Crippen LogP contribution >= 0.6 is 0 Å². The minimum Gasteiger partial charge on any atom is -0.467 e. The highest BCUT2D eigenvalue weighted by atomic mass is 16.3. The van der Waals surface area contributed by atoms with Gasteiger partial charge in [0.25, 0.3) is 5.91 Å². The number of amides is 1. The minimum absolute atomic E-state index is 0.261. The molecule has 3 aromatic rings. The molecule has 0 aromatic carbocycles. The number of pyridine rings is 1. The van der Waals surface area contributed by atoms with Crippen LogP contribution in [-0.4, -0.2) is 34.5 Å². The van der Waals surface area contributed by atoms with Crippen LogP contribution < -0.4 is 10.2 Å². The quantitative estimate of drug-likeness (QED) is 0.710. The molecule has 3 aromatic heterocycles. The number of hydrogen-bond donors (Lipinski definition) is 1. The number of furan rings is 1. The predicted octanol–water partition coefficient (Wildman–Crippen LogP) is 2.07. The first-order valence-electron chi connectivity index (χ1n) is 7.96. The van der Waals surface area contributed by atoms with Crippen LogP contribution in [0, 0.1) is 0 Å². The van der Waals surface area contributed by atoms with Gasteiger partial charge in [0.2, 0.25) is 5.95 Å². The lowest BCUT2D eigenvalue weighted by atomic mass is 10.2. The number of hydrogen-bond acceptors (Lipinski definition) is 6. The van der Waals surface area contributed by atoms with Crippen LogP contribution in [0.25, 0.3) is 0 Å². The summed E-state index contributed by atoms with van der Waals surface area (Å²) in [5.74, 6) is 0.944. The maximum atomic E-state index is 12.2. The molecule has 0 aliphatic carbocycles. The van der Waals surface area contributed by atoms with Crippen molar-refractivity contribution in [2.24, 2.45) is 0 Å². The molecule has 7 heteroatoms. The van der Waals surface area contributed by atoms with Crippen LogP contribution in [0.3, 0.4) is 0 Å². The van der Waals surface area contributed by atoms with Gasteiger partial charge in [-0.3, -0.25) is 9.78 Å². The van der Waals surface area contributed by atoms with Crippen LogP contribution in [-0.2, 0) is 13.0 Å². The Morgan fingerprint density at radius 2 is 2.04 bits per heavy atom. The molecular formula is C18H19N5O2. The lowest BCUT2D eigenvalue weighted by Gasteiger charge is -2.17. The summed E-state index contributed by atoms with van der Waals surface area (Å²) in [7, 11) is 1.90. The fourth-order valence-electron chi connectivity index (χ4n) is 2.28. The molecule has 0 spiro atoms. The molecule has 1 N–H and O–H groups in total. The van der Waals surface area contributed by atoms with E-state index < -0.39 is 0 Å². The molecule has 0 unspecified atom stereocenters. The molecule has 3 heterocycles. The van der Waals surface area contributed by atoms with Crippen LogP contribution in [0.2, 0.25) is 0 Å². The Labute approximate surface area is 145 Å². The van der Waals surface area contributed by atoms with Crippen molar-refractivity contribution >= 4 is 11.9 Å². The number of anilines is 1. The number of carbonyl (C=O) groups is 1. The second-order valence-electron chi connectivity index (χ2n) is 5.53. The zero-order valence-corrected chi connectivity index (χ0v) is 13.9. The smallest absolute Gasteiger partial charge is 0.270 e. The summed E-state index contributed by atoms with van der Waals surface area (Å²) < 4.78 is 5.20. The first kappa shape index (κ1) is 16.6. The maximum Gasteiger partial charge on any atom is 0.270 e. The summed E-state index contributed by atoms with van der Waals surface area (Å²) in [6.45, 7) is 1.06. The van der Waals surface area contributed by atoms with Gasteiger partial charge in [0.15, 0.2) is 0 Å². The molecule has 0 atom stereocenters. The van der Waals surface area contributed by atoms with Crippen molar-refractivity contribution in [1.29, 1.82) is 0 Å². The summed E-state index contributed by atoms with van der Waals surface area (Å²) in [6.07, 6.45) is 7.55. The van der Waals surface area contributed by atoms with Crippen molar-refractivity contribution < 1.29 is 9.21 Å². The van der Waals surface area contributed by atoms with E-state index in [9.17, 15) is 4.79 Å². The third-order valence-electron chi connectivity index (χ3n) is 3.71. The highest BCUT2D eigenvalue weighted by molar-refractivity contribution is 5.92. The van der Waals surface area contributed by atoms with Crippen LogP contribution in [0.1, 0.15) is 21.8 Å². The summed E-state index contributed by atoms with van der Waals surface area (Å²) in [6, 6.07) is 9.14. The fourth-order valence-corrected chi connectivity index (χ4v) is 2.28. The van der Waals surface area contributed by atoms with Crippen molar-refractivity contribution in [2.75, 3.05) is 18.5 Å². The number of likely N-dealkylation sites (N-methyl/N-ethyl adjacent to an activating group) is 1. The van der Waals surface area contributed by atoms with E-state index in [1.165, 1.54) is 5.56 Å². The van der Waals surface area contributed by atoms with Gasteiger partial charge in [-0.2, -0.15) is 0 Å². The summed E-state index contributed by atoms with van der Waals surface area (Å²) in [5.41, 5.74) is 1.52. The third-order valence-corrected chi connectivity index (χ3v) is 3.71. The van der Waals surface area contributed by atoms with Crippen LogP contribution in [0.4, 0.5) is 5.95 Å². The molecule has 0 aliphatic rings. The third kappa shape index (κ3) is 4.63. The van der Waals surface area contributed by atoms with Gasteiger partial charge in [0.05, 0.1) is 12.8 Å². The van der Waals surface area contributed by atoms with E-state index in [1.54, 1.807) is 43.1 Å². The van der Waals surface area contributed by atoms with Crippen LogP contribution in [0.5, 0.6) is 0 Å². The van der Waals surface area contributed by atoms with Gasteiger partial charge in [0.1, 0.15) is 11.5 Å². The van der Waals surface area contributed by atoms with Gasteiger partial charge < -0.3 is 14.6 Å². The minimum atomic E-state index is -0.261. The Kier molecular flexibility index (Phi) is 5.36. The molecule has 0 aliphatic heterocycles. The number of carbonyl (C=O) groups excluding carboxylic acids is 1. The van der Waals surface area contributed by atoms with Gasteiger partial charge in [-0.1, -0.05) is 0 Å². The van der Waals surface area contributed by atoms with Crippen molar-refractivity contribution in [3.8, 4) is 0 Å². The molecule has 7 nitrogen and oxygen atoms in total. The Balaban J connectivity index is 1.59. The van der Waals surface area contributed by atoms with E-state index in [4.69, 9.17) is 4.42 Å². The number of nitrogens with one attached hydrogen (secondary N) is 1. The lowest BCUT2D eigenvalue weighted by molar-refractivity contribution is 0.0943. The molecule has 0 bridgehead atoms. The highest BCUT2D eigenvalue weighted by Crippen LogP contribution is 2.08. The monoisotopic (exact) mass is 337 g/mol. The van der Waals surface area contributed by atoms with Crippen molar-refractivity contribution in [3.63, 3.8) is 0 Å². The van der Waals surface area contributed by atoms with E-state index in [1.807, 2.05) is 24.1 Å². The fraction of sp³-hybridized carbons (Fsp3) is 0.222. The largest absolute Gasteiger partial charge is 0.467 e. The molecule has 0 saturated heterocycles. The van der Waals surface area contributed by atoms with Crippen molar-refractivity contribution in [2.45, 2.75) is 13.0 Å². The SMILES string of the molecule is CN(CCc1ccncc1)c1nccc(C(=O)NCc2ccco2)n1. The first-order valence-corrected chi connectivity index (χ1v) is 7.96. The molecule has 128 valence electrons. The van der Waals surface area contributed by atoms with Gasteiger partial charge in [0, 0.05) is 32.2 Å². The maximum absolute atomic E-state index is 12.2. The topological polar surface area (TPSA) is 84.2 Å². The van der Waals surface area contributed by atoms with Gasteiger partial charge in [-0.25, -0.2) is 9.97 Å².